The zero-order valence-electron chi connectivity index (χ0n) is 15.3. The highest BCUT2D eigenvalue weighted by molar-refractivity contribution is 7.98. The van der Waals surface area contributed by atoms with E-state index >= 15 is 0 Å². The van der Waals surface area contributed by atoms with Crippen molar-refractivity contribution >= 4 is 23.1 Å². The van der Waals surface area contributed by atoms with Crippen LogP contribution < -0.4 is 11.2 Å². The quantitative estimate of drug-likeness (QED) is 0.472. The van der Waals surface area contributed by atoms with Crippen LogP contribution in [0.15, 0.2) is 68.7 Å². The molecule has 0 bridgehead atoms. The lowest BCUT2D eigenvalue weighted by molar-refractivity contribution is 0.664. The van der Waals surface area contributed by atoms with E-state index < -0.39 is 0 Å². The lowest BCUT2D eigenvalue weighted by atomic mass is 10.3. The second-order valence-electron chi connectivity index (χ2n) is 6.12. The fourth-order valence-corrected chi connectivity index (χ4v) is 4.47. The minimum atomic E-state index is -0.341. The van der Waals surface area contributed by atoms with E-state index in [1.807, 2.05) is 52.4 Å². The summed E-state index contributed by atoms with van der Waals surface area (Å²) in [5.41, 5.74) is 0.934. The maximum Gasteiger partial charge on any atom is 0.330 e. The SMILES string of the molecule is Cn1c(CSc2nnc(-c3cccs3)n2-c2ccccc2)cc(=O)n(C)c1=O. The van der Waals surface area contributed by atoms with Gasteiger partial charge in [0.1, 0.15) is 0 Å². The van der Waals surface area contributed by atoms with E-state index in [1.54, 1.807) is 18.4 Å². The summed E-state index contributed by atoms with van der Waals surface area (Å²) in [6.45, 7) is 0. The van der Waals surface area contributed by atoms with Crippen LogP contribution in [0.4, 0.5) is 0 Å². The molecule has 0 aliphatic rings. The monoisotopic (exact) mass is 411 g/mol. The fraction of sp³-hybridized carbons (Fsp3) is 0.158. The molecule has 9 heteroatoms. The molecular formula is C19H17N5O2S2. The summed E-state index contributed by atoms with van der Waals surface area (Å²) < 4.78 is 4.57. The van der Waals surface area contributed by atoms with Crippen LogP contribution in [0.2, 0.25) is 0 Å². The Balaban J connectivity index is 1.74. The van der Waals surface area contributed by atoms with E-state index in [-0.39, 0.29) is 11.2 Å². The number of hydrogen-bond donors (Lipinski definition) is 0. The minimum Gasteiger partial charge on any atom is -0.300 e. The fourth-order valence-electron chi connectivity index (χ4n) is 2.79. The van der Waals surface area contributed by atoms with E-state index in [0.717, 1.165) is 21.0 Å². The molecule has 0 fully saturated rings. The predicted molar refractivity (Wildman–Crippen MR) is 111 cm³/mol. The molecular weight excluding hydrogens is 394 g/mol. The zero-order chi connectivity index (χ0) is 19.7. The number of nitrogens with zero attached hydrogens (tertiary/aromatic N) is 5. The van der Waals surface area contributed by atoms with E-state index in [2.05, 4.69) is 10.2 Å². The Kier molecular flexibility index (Phi) is 5.01. The van der Waals surface area contributed by atoms with Gasteiger partial charge in [0.2, 0.25) is 0 Å². The Morgan fingerprint density at radius 3 is 2.50 bits per heavy atom. The molecule has 1 aromatic carbocycles. The molecule has 3 aromatic heterocycles. The van der Waals surface area contributed by atoms with Gasteiger partial charge >= 0.3 is 5.69 Å². The number of benzene rings is 1. The van der Waals surface area contributed by atoms with Crippen molar-refractivity contribution in [3.63, 3.8) is 0 Å². The van der Waals surface area contributed by atoms with Crippen molar-refractivity contribution in [2.24, 2.45) is 14.1 Å². The molecule has 4 rings (SSSR count). The molecule has 0 amide bonds. The number of para-hydroxylation sites is 1. The van der Waals surface area contributed by atoms with E-state index in [0.29, 0.717) is 16.6 Å². The van der Waals surface area contributed by atoms with Crippen molar-refractivity contribution < 1.29 is 0 Å². The molecule has 4 aromatic rings. The van der Waals surface area contributed by atoms with Crippen LogP contribution in [0, 0.1) is 0 Å². The number of aromatic nitrogens is 5. The summed E-state index contributed by atoms with van der Waals surface area (Å²) in [7, 11) is 3.14. The van der Waals surface area contributed by atoms with Crippen molar-refractivity contribution in [1.29, 1.82) is 0 Å². The third kappa shape index (κ3) is 3.34. The van der Waals surface area contributed by atoms with Crippen LogP contribution in [-0.4, -0.2) is 23.9 Å². The largest absolute Gasteiger partial charge is 0.330 e. The van der Waals surface area contributed by atoms with Crippen molar-refractivity contribution in [1.82, 2.24) is 23.9 Å². The number of hydrogen-bond acceptors (Lipinski definition) is 6. The Hall–Kier alpha value is -2.91. The smallest absolute Gasteiger partial charge is 0.300 e. The predicted octanol–water partition coefficient (Wildman–Crippen LogP) is 2.69. The molecule has 0 saturated carbocycles. The summed E-state index contributed by atoms with van der Waals surface area (Å²) in [5.74, 6) is 1.19. The molecule has 0 aliphatic heterocycles. The second kappa shape index (κ2) is 7.61. The van der Waals surface area contributed by atoms with E-state index in [4.69, 9.17) is 0 Å². The first-order valence-corrected chi connectivity index (χ1v) is 10.4. The maximum absolute atomic E-state index is 12.2. The zero-order valence-corrected chi connectivity index (χ0v) is 16.9. The first-order valence-electron chi connectivity index (χ1n) is 8.49. The molecule has 7 nitrogen and oxygen atoms in total. The molecule has 3 heterocycles. The molecule has 0 saturated heterocycles. The third-order valence-electron chi connectivity index (χ3n) is 4.36. The van der Waals surface area contributed by atoms with Crippen molar-refractivity contribution in [2.75, 3.05) is 0 Å². The number of thioether (sulfide) groups is 1. The Morgan fingerprint density at radius 2 is 1.79 bits per heavy atom. The molecule has 0 unspecified atom stereocenters. The van der Waals surface area contributed by atoms with Gasteiger partial charge in [0.15, 0.2) is 11.0 Å². The van der Waals surface area contributed by atoms with Gasteiger partial charge in [0, 0.05) is 37.3 Å². The Labute approximate surface area is 168 Å². The maximum atomic E-state index is 12.2. The van der Waals surface area contributed by atoms with Gasteiger partial charge in [0.25, 0.3) is 5.56 Å². The second-order valence-corrected chi connectivity index (χ2v) is 8.01. The van der Waals surface area contributed by atoms with E-state index in [9.17, 15) is 9.59 Å². The third-order valence-corrected chi connectivity index (χ3v) is 6.19. The summed E-state index contributed by atoms with van der Waals surface area (Å²) in [5, 5.41) is 11.5. The lowest BCUT2D eigenvalue weighted by Gasteiger charge is -2.11. The highest BCUT2D eigenvalue weighted by Crippen LogP contribution is 2.31. The first kappa shape index (κ1) is 18.5. The Morgan fingerprint density at radius 1 is 1.00 bits per heavy atom. The van der Waals surface area contributed by atoms with Crippen molar-refractivity contribution in [3.8, 4) is 16.4 Å². The van der Waals surface area contributed by atoms with Crippen LogP contribution in [0.25, 0.3) is 16.4 Å². The molecule has 28 heavy (non-hydrogen) atoms. The molecule has 0 radical (unpaired) electrons. The summed E-state index contributed by atoms with van der Waals surface area (Å²) in [4.78, 5) is 25.2. The average Bonchev–Trinajstić information content (AvgIpc) is 3.38. The Bertz CT molecular complexity index is 1220. The number of rotatable bonds is 5. The van der Waals surface area contributed by atoms with Crippen molar-refractivity contribution in [2.45, 2.75) is 10.9 Å². The van der Waals surface area contributed by atoms with Crippen molar-refractivity contribution in [3.05, 3.63) is 80.4 Å². The highest BCUT2D eigenvalue weighted by Gasteiger charge is 2.17. The molecule has 0 spiro atoms. The van der Waals surface area contributed by atoms with Crippen LogP contribution >= 0.6 is 23.1 Å². The first-order chi connectivity index (χ1) is 13.6. The van der Waals surface area contributed by atoms with Gasteiger partial charge in [0.05, 0.1) is 4.88 Å². The summed E-state index contributed by atoms with van der Waals surface area (Å²) in [6, 6.07) is 15.4. The van der Waals surface area contributed by atoms with Gasteiger partial charge in [-0.3, -0.25) is 18.5 Å². The number of thiophene rings is 1. The lowest BCUT2D eigenvalue weighted by Crippen LogP contribution is -2.37. The van der Waals surface area contributed by atoms with Gasteiger partial charge < -0.3 is 0 Å². The van der Waals surface area contributed by atoms with Gasteiger partial charge in [-0.2, -0.15) is 0 Å². The van der Waals surface area contributed by atoms with Gasteiger partial charge in [-0.05, 0) is 23.6 Å². The van der Waals surface area contributed by atoms with Crippen LogP contribution in [0.3, 0.4) is 0 Å². The van der Waals surface area contributed by atoms with Crippen LogP contribution in [0.5, 0.6) is 0 Å². The molecule has 0 aliphatic carbocycles. The standard InChI is InChI=1S/C19H17N5O2S2/c1-22-14(11-16(25)23(2)19(22)26)12-28-18-21-20-17(15-9-6-10-27-15)24(18)13-7-4-3-5-8-13/h3-11H,12H2,1-2H3. The molecule has 142 valence electrons. The van der Waals surface area contributed by atoms with Gasteiger partial charge in [-0.1, -0.05) is 36.0 Å². The van der Waals surface area contributed by atoms with Crippen LogP contribution in [0.1, 0.15) is 5.69 Å². The minimum absolute atomic E-state index is 0.317. The highest BCUT2D eigenvalue weighted by atomic mass is 32.2. The average molecular weight is 412 g/mol. The topological polar surface area (TPSA) is 74.7 Å². The molecule has 0 N–H and O–H groups in total. The van der Waals surface area contributed by atoms with E-state index in [1.165, 1.54) is 29.4 Å². The summed E-state index contributed by atoms with van der Waals surface area (Å²) >= 11 is 3.04. The van der Waals surface area contributed by atoms with Crippen LogP contribution in [-0.2, 0) is 19.8 Å². The van der Waals surface area contributed by atoms with Gasteiger partial charge in [-0.15, -0.1) is 21.5 Å². The van der Waals surface area contributed by atoms with Gasteiger partial charge in [-0.25, -0.2) is 4.79 Å². The molecule has 0 atom stereocenters. The normalized spacial score (nSPS) is 11.1. The summed E-state index contributed by atoms with van der Waals surface area (Å²) in [6.07, 6.45) is 0.